The Balaban J connectivity index is 2.73. The van der Waals surface area contributed by atoms with Gasteiger partial charge in [-0.05, 0) is 12.5 Å². The van der Waals surface area contributed by atoms with E-state index in [9.17, 15) is 4.79 Å². The molecule has 1 aromatic carbocycles. The molecule has 0 fully saturated rings. The van der Waals surface area contributed by atoms with Crippen molar-refractivity contribution in [2.75, 3.05) is 0 Å². The lowest BCUT2D eigenvalue weighted by Crippen LogP contribution is -2.25. The van der Waals surface area contributed by atoms with Gasteiger partial charge in [0.2, 0.25) is 0 Å². The van der Waals surface area contributed by atoms with Crippen LogP contribution in [0.5, 0.6) is 0 Å². The zero-order valence-corrected chi connectivity index (χ0v) is 7.32. The van der Waals surface area contributed by atoms with Crippen LogP contribution in [0.4, 0.5) is 4.79 Å². The summed E-state index contributed by atoms with van der Waals surface area (Å²) in [6.07, 6.45) is 0. The van der Waals surface area contributed by atoms with Gasteiger partial charge in [0.05, 0.1) is 5.71 Å². The third-order valence-electron chi connectivity index (χ3n) is 1.53. The molecular weight excluding hydrogens is 166 g/mol. The number of nitrogens with one attached hydrogen (secondary N) is 1. The summed E-state index contributed by atoms with van der Waals surface area (Å²) in [5, 5.41) is 3.79. The van der Waals surface area contributed by atoms with Crippen molar-refractivity contribution < 1.29 is 4.79 Å². The van der Waals surface area contributed by atoms with E-state index in [4.69, 9.17) is 5.73 Å². The Morgan fingerprint density at radius 1 is 1.38 bits per heavy atom. The van der Waals surface area contributed by atoms with E-state index >= 15 is 0 Å². The summed E-state index contributed by atoms with van der Waals surface area (Å²) in [7, 11) is 0. The minimum absolute atomic E-state index is 0.657. The number of amides is 2. The second-order valence-corrected chi connectivity index (χ2v) is 2.54. The zero-order chi connectivity index (χ0) is 9.68. The minimum Gasteiger partial charge on any atom is -0.350 e. The largest absolute Gasteiger partial charge is 0.350 e. The van der Waals surface area contributed by atoms with E-state index in [1.807, 2.05) is 30.3 Å². The Morgan fingerprint density at radius 2 is 2.00 bits per heavy atom. The number of rotatable bonds is 2. The van der Waals surface area contributed by atoms with E-state index in [2.05, 4.69) is 10.5 Å². The molecule has 0 aliphatic rings. The molecule has 0 unspecified atom stereocenters. The van der Waals surface area contributed by atoms with Gasteiger partial charge in [-0.25, -0.2) is 10.2 Å². The van der Waals surface area contributed by atoms with Crippen LogP contribution in [-0.4, -0.2) is 11.7 Å². The molecule has 1 aromatic rings. The van der Waals surface area contributed by atoms with Gasteiger partial charge in [0.1, 0.15) is 0 Å². The number of urea groups is 1. The van der Waals surface area contributed by atoms with Gasteiger partial charge in [-0.2, -0.15) is 5.10 Å². The number of hydrogen-bond acceptors (Lipinski definition) is 2. The lowest BCUT2D eigenvalue weighted by atomic mass is 10.1. The van der Waals surface area contributed by atoms with Crippen LogP contribution in [-0.2, 0) is 0 Å². The molecule has 0 aliphatic heterocycles. The molecule has 68 valence electrons. The van der Waals surface area contributed by atoms with Crippen molar-refractivity contribution in [3.63, 3.8) is 0 Å². The zero-order valence-electron chi connectivity index (χ0n) is 7.32. The highest BCUT2D eigenvalue weighted by Crippen LogP contribution is 1.99. The van der Waals surface area contributed by atoms with Crippen molar-refractivity contribution in [1.82, 2.24) is 5.43 Å². The molecule has 0 aromatic heterocycles. The number of primary amides is 1. The fraction of sp³-hybridized carbons (Fsp3) is 0.111. The van der Waals surface area contributed by atoms with Crippen LogP contribution in [0.25, 0.3) is 0 Å². The molecule has 0 bridgehead atoms. The normalized spacial score (nSPS) is 11.0. The van der Waals surface area contributed by atoms with Crippen LogP contribution >= 0.6 is 0 Å². The second kappa shape index (κ2) is 4.25. The average Bonchev–Trinajstić information content (AvgIpc) is 2.15. The number of nitrogens with two attached hydrogens (primary N) is 1. The van der Waals surface area contributed by atoms with Gasteiger partial charge in [-0.15, -0.1) is 0 Å². The minimum atomic E-state index is -0.657. The number of hydrogen-bond donors (Lipinski definition) is 2. The third kappa shape index (κ3) is 2.94. The van der Waals surface area contributed by atoms with Crippen LogP contribution < -0.4 is 11.2 Å². The van der Waals surface area contributed by atoms with Gasteiger partial charge < -0.3 is 5.73 Å². The highest BCUT2D eigenvalue weighted by Gasteiger charge is 1.95. The molecule has 0 atom stereocenters. The Bertz CT molecular complexity index is 319. The molecule has 0 heterocycles. The standard InChI is InChI=1S/C9H11N3O/c1-7(11-12-9(10)13)8-5-3-2-4-6-8/h2-6H,1H3,(H3,10,12,13). The summed E-state index contributed by atoms with van der Waals surface area (Å²) < 4.78 is 0. The number of carbonyl (C=O) groups is 1. The number of carbonyl (C=O) groups excluding carboxylic acids is 1. The quantitative estimate of drug-likeness (QED) is 0.515. The molecule has 0 aliphatic carbocycles. The van der Waals surface area contributed by atoms with E-state index < -0.39 is 6.03 Å². The summed E-state index contributed by atoms with van der Waals surface area (Å²) in [6.45, 7) is 1.80. The number of hydrazone groups is 1. The molecular formula is C9H11N3O. The monoisotopic (exact) mass is 177 g/mol. The first-order valence-electron chi connectivity index (χ1n) is 3.85. The topological polar surface area (TPSA) is 67.5 Å². The summed E-state index contributed by atoms with van der Waals surface area (Å²) in [5.41, 5.74) is 8.71. The van der Waals surface area contributed by atoms with Crippen molar-refractivity contribution in [2.24, 2.45) is 10.8 Å². The van der Waals surface area contributed by atoms with Crippen LogP contribution in [0.2, 0.25) is 0 Å². The molecule has 0 radical (unpaired) electrons. The van der Waals surface area contributed by atoms with Crippen LogP contribution in [0.15, 0.2) is 35.4 Å². The van der Waals surface area contributed by atoms with Crippen LogP contribution in [0.3, 0.4) is 0 Å². The predicted octanol–water partition coefficient (Wildman–Crippen LogP) is 1.08. The number of nitrogens with zero attached hydrogens (tertiary/aromatic N) is 1. The first kappa shape index (κ1) is 9.25. The van der Waals surface area contributed by atoms with Gasteiger partial charge >= 0.3 is 6.03 Å². The fourth-order valence-corrected chi connectivity index (χ4v) is 0.883. The predicted molar refractivity (Wildman–Crippen MR) is 51.4 cm³/mol. The summed E-state index contributed by atoms with van der Waals surface area (Å²) in [6, 6.07) is 8.87. The average molecular weight is 177 g/mol. The summed E-state index contributed by atoms with van der Waals surface area (Å²) in [4.78, 5) is 10.3. The van der Waals surface area contributed by atoms with E-state index in [1.165, 1.54) is 0 Å². The molecule has 0 saturated heterocycles. The molecule has 0 saturated carbocycles. The van der Waals surface area contributed by atoms with Crippen molar-refractivity contribution in [3.05, 3.63) is 35.9 Å². The van der Waals surface area contributed by atoms with Gasteiger partial charge in [0, 0.05) is 0 Å². The van der Waals surface area contributed by atoms with Gasteiger partial charge in [0.15, 0.2) is 0 Å². The van der Waals surface area contributed by atoms with Crippen molar-refractivity contribution >= 4 is 11.7 Å². The Kier molecular flexibility index (Phi) is 3.03. The maximum Gasteiger partial charge on any atom is 0.332 e. The van der Waals surface area contributed by atoms with Crippen LogP contribution in [0, 0.1) is 0 Å². The van der Waals surface area contributed by atoms with E-state index in [0.717, 1.165) is 11.3 Å². The highest BCUT2D eigenvalue weighted by atomic mass is 16.2. The first-order valence-corrected chi connectivity index (χ1v) is 3.85. The summed E-state index contributed by atoms with van der Waals surface area (Å²) in [5.74, 6) is 0. The number of benzene rings is 1. The van der Waals surface area contributed by atoms with E-state index in [0.29, 0.717) is 0 Å². The van der Waals surface area contributed by atoms with Gasteiger partial charge in [0.25, 0.3) is 0 Å². The van der Waals surface area contributed by atoms with Crippen molar-refractivity contribution in [3.8, 4) is 0 Å². The molecule has 1 rings (SSSR count). The summed E-state index contributed by atoms with van der Waals surface area (Å²) >= 11 is 0. The Labute approximate surface area is 76.4 Å². The molecule has 3 N–H and O–H groups in total. The Hall–Kier alpha value is -1.84. The first-order chi connectivity index (χ1) is 6.20. The molecule has 0 spiro atoms. The van der Waals surface area contributed by atoms with E-state index in [1.54, 1.807) is 6.92 Å². The second-order valence-electron chi connectivity index (χ2n) is 2.54. The van der Waals surface area contributed by atoms with Gasteiger partial charge in [-0.1, -0.05) is 30.3 Å². The van der Waals surface area contributed by atoms with Crippen LogP contribution in [0.1, 0.15) is 12.5 Å². The van der Waals surface area contributed by atoms with E-state index in [-0.39, 0.29) is 0 Å². The Morgan fingerprint density at radius 3 is 2.54 bits per heavy atom. The molecule has 4 heteroatoms. The SMILES string of the molecule is CC(=NNC(N)=O)c1ccccc1. The maximum atomic E-state index is 10.3. The molecule has 13 heavy (non-hydrogen) atoms. The third-order valence-corrected chi connectivity index (χ3v) is 1.53. The lowest BCUT2D eigenvalue weighted by molar-refractivity contribution is 0.249. The van der Waals surface area contributed by atoms with Crippen molar-refractivity contribution in [2.45, 2.75) is 6.92 Å². The smallest absolute Gasteiger partial charge is 0.332 e. The molecule has 4 nitrogen and oxygen atoms in total. The van der Waals surface area contributed by atoms with Crippen molar-refractivity contribution in [1.29, 1.82) is 0 Å². The maximum absolute atomic E-state index is 10.3. The van der Waals surface area contributed by atoms with Gasteiger partial charge in [-0.3, -0.25) is 0 Å². The highest BCUT2D eigenvalue weighted by molar-refractivity contribution is 5.99. The lowest BCUT2D eigenvalue weighted by Gasteiger charge is -1.99. The fourth-order valence-electron chi connectivity index (χ4n) is 0.883. The molecule has 2 amide bonds.